The van der Waals surface area contributed by atoms with Crippen LogP contribution < -0.4 is 0 Å². The van der Waals surface area contributed by atoms with Crippen molar-refractivity contribution in [1.82, 2.24) is 0 Å². The quantitative estimate of drug-likeness (QED) is 0.503. The van der Waals surface area contributed by atoms with Gasteiger partial charge in [0.1, 0.15) is 6.10 Å². The topological polar surface area (TPSA) is 46.2 Å². The summed E-state index contributed by atoms with van der Waals surface area (Å²) >= 11 is 0. The molecule has 0 unspecified atom stereocenters. The highest BCUT2D eigenvalue weighted by atomic mass is 16.7. The van der Waals surface area contributed by atoms with E-state index in [0.29, 0.717) is 0 Å². The molecule has 0 aliphatic heterocycles. The SMILES string of the molecule is [O]C(=O)OC1CCCC1. The zero-order valence-corrected chi connectivity index (χ0v) is 5.13. The molecule has 0 atom stereocenters. The summed E-state index contributed by atoms with van der Waals surface area (Å²) in [6, 6.07) is 0. The summed E-state index contributed by atoms with van der Waals surface area (Å²) in [5, 5.41) is 9.82. The minimum absolute atomic E-state index is 0.0741. The van der Waals surface area contributed by atoms with Crippen molar-refractivity contribution in [3.63, 3.8) is 0 Å². The number of carbonyl (C=O) groups is 1. The molecule has 3 heteroatoms. The minimum atomic E-state index is -1.39. The van der Waals surface area contributed by atoms with Crippen LogP contribution in [0.25, 0.3) is 0 Å². The molecule has 1 fully saturated rings. The summed E-state index contributed by atoms with van der Waals surface area (Å²) in [7, 11) is 0. The van der Waals surface area contributed by atoms with Gasteiger partial charge in [0.15, 0.2) is 0 Å². The van der Waals surface area contributed by atoms with Crippen molar-refractivity contribution < 1.29 is 14.6 Å². The van der Waals surface area contributed by atoms with Crippen LogP contribution in [0.3, 0.4) is 0 Å². The van der Waals surface area contributed by atoms with Crippen molar-refractivity contribution in [1.29, 1.82) is 0 Å². The van der Waals surface area contributed by atoms with Gasteiger partial charge < -0.3 is 4.74 Å². The molecule has 1 saturated carbocycles. The Morgan fingerprint density at radius 1 is 1.33 bits per heavy atom. The van der Waals surface area contributed by atoms with E-state index in [2.05, 4.69) is 4.74 Å². The third kappa shape index (κ3) is 1.91. The van der Waals surface area contributed by atoms with Crippen molar-refractivity contribution in [3.8, 4) is 0 Å². The monoisotopic (exact) mass is 129 g/mol. The fraction of sp³-hybridized carbons (Fsp3) is 0.833. The molecule has 0 aromatic carbocycles. The Bertz CT molecular complexity index is 105. The van der Waals surface area contributed by atoms with Crippen LogP contribution in [0, 0.1) is 0 Å². The summed E-state index contributed by atoms with van der Waals surface area (Å²) in [6.45, 7) is 0. The smallest absolute Gasteiger partial charge is 0.428 e. The highest BCUT2D eigenvalue weighted by molar-refractivity contribution is 5.56. The van der Waals surface area contributed by atoms with Crippen LogP contribution in [0.2, 0.25) is 0 Å². The number of ether oxygens (including phenoxy) is 1. The van der Waals surface area contributed by atoms with Gasteiger partial charge in [-0.3, -0.25) is 0 Å². The molecule has 0 aromatic rings. The van der Waals surface area contributed by atoms with E-state index >= 15 is 0 Å². The zero-order chi connectivity index (χ0) is 6.69. The van der Waals surface area contributed by atoms with Crippen LogP contribution in [0.1, 0.15) is 25.7 Å². The molecule has 0 bridgehead atoms. The van der Waals surface area contributed by atoms with Gasteiger partial charge in [-0.1, -0.05) is 0 Å². The van der Waals surface area contributed by atoms with Gasteiger partial charge in [0.25, 0.3) is 0 Å². The molecule has 1 aliphatic rings. The van der Waals surface area contributed by atoms with Crippen LogP contribution in [-0.2, 0) is 9.84 Å². The van der Waals surface area contributed by atoms with Gasteiger partial charge in [0.05, 0.1) is 0 Å². The summed E-state index contributed by atoms with van der Waals surface area (Å²) in [6.07, 6.45) is 2.44. The lowest BCUT2D eigenvalue weighted by Crippen LogP contribution is -2.10. The largest absolute Gasteiger partial charge is 0.550 e. The zero-order valence-electron chi connectivity index (χ0n) is 5.13. The predicted octanol–water partition coefficient (Wildman–Crippen LogP) is 1.50. The van der Waals surface area contributed by atoms with Gasteiger partial charge in [-0.05, 0) is 25.7 Å². The number of hydrogen-bond acceptors (Lipinski definition) is 2. The number of rotatable bonds is 1. The van der Waals surface area contributed by atoms with E-state index in [1.54, 1.807) is 0 Å². The van der Waals surface area contributed by atoms with Gasteiger partial charge in [-0.15, -0.1) is 0 Å². The van der Waals surface area contributed by atoms with Crippen molar-refractivity contribution in [2.45, 2.75) is 31.8 Å². The Morgan fingerprint density at radius 3 is 2.33 bits per heavy atom. The van der Waals surface area contributed by atoms with Crippen molar-refractivity contribution in [2.24, 2.45) is 0 Å². The average molecular weight is 129 g/mol. The maximum absolute atomic E-state index is 9.82. The molecule has 1 radical (unpaired) electrons. The standard InChI is InChI=1S/C6H9O3/c7-6(8)9-5-3-1-2-4-5/h5H,1-4H2. The normalized spacial score (nSPS) is 20.0. The first-order valence-corrected chi connectivity index (χ1v) is 3.16. The molecule has 9 heavy (non-hydrogen) atoms. The van der Waals surface area contributed by atoms with E-state index in [1.165, 1.54) is 0 Å². The van der Waals surface area contributed by atoms with Crippen LogP contribution in [0.5, 0.6) is 0 Å². The van der Waals surface area contributed by atoms with E-state index in [1.807, 2.05) is 0 Å². The van der Waals surface area contributed by atoms with Crippen molar-refractivity contribution in [3.05, 3.63) is 0 Å². The molecule has 0 saturated heterocycles. The predicted molar refractivity (Wildman–Crippen MR) is 29.4 cm³/mol. The molecular formula is C6H9O3. The first kappa shape index (κ1) is 6.39. The molecule has 0 amide bonds. The molecule has 0 heterocycles. The second kappa shape index (κ2) is 2.71. The summed E-state index contributed by atoms with van der Waals surface area (Å²) < 4.78 is 4.42. The lowest BCUT2D eigenvalue weighted by atomic mass is 10.3. The summed E-state index contributed by atoms with van der Waals surface area (Å²) in [5.41, 5.74) is 0. The van der Waals surface area contributed by atoms with Crippen LogP contribution in [0.4, 0.5) is 4.79 Å². The fourth-order valence-corrected chi connectivity index (χ4v) is 1.14. The van der Waals surface area contributed by atoms with Crippen molar-refractivity contribution >= 4 is 6.16 Å². The Kier molecular flexibility index (Phi) is 1.92. The second-order valence-corrected chi connectivity index (χ2v) is 2.27. The highest BCUT2D eigenvalue weighted by Crippen LogP contribution is 2.20. The first-order valence-electron chi connectivity index (χ1n) is 3.16. The Hall–Kier alpha value is -0.730. The van der Waals surface area contributed by atoms with E-state index in [0.717, 1.165) is 25.7 Å². The maximum Gasteiger partial charge on any atom is 0.550 e. The Balaban J connectivity index is 2.19. The molecule has 1 aliphatic carbocycles. The molecule has 0 aromatic heterocycles. The Morgan fingerprint density at radius 2 is 1.89 bits per heavy atom. The van der Waals surface area contributed by atoms with Gasteiger partial charge in [0.2, 0.25) is 0 Å². The minimum Gasteiger partial charge on any atom is -0.428 e. The molecule has 0 spiro atoms. The summed E-state index contributed by atoms with van der Waals surface area (Å²) in [5.74, 6) is 0. The summed E-state index contributed by atoms with van der Waals surface area (Å²) in [4.78, 5) is 9.82. The highest BCUT2D eigenvalue weighted by Gasteiger charge is 2.18. The fourth-order valence-electron chi connectivity index (χ4n) is 1.14. The van der Waals surface area contributed by atoms with Gasteiger partial charge in [-0.2, -0.15) is 9.90 Å². The number of hydrogen-bond donors (Lipinski definition) is 0. The van der Waals surface area contributed by atoms with E-state index < -0.39 is 6.16 Å². The lowest BCUT2D eigenvalue weighted by molar-refractivity contribution is 0.0348. The molecule has 51 valence electrons. The van der Waals surface area contributed by atoms with E-state index in [9.17, 15) is 9.90 Å². The lowest BCUT2D eigenvalue weighted by Gasteiger charge is -2.04. The van der Waals surface area contributed by atoms with E-state index in [4.69, 9.17) is 0 Å². The van der Waals surface area contributed by atoms with Gasteiger partial charge in [-0.25, -0.2) is 0 Å². The van der Waals surface area contributed by atoms with Crippen molar-refractivity contribution in [2.75, 3.05) is 0 Å². The second-order valence-electron chi connectivity index (χ2n) is 2.27. The van der Waals surface area contributed by atoms with E-state index in [-0.39, 0.29) is 6.10 Å². The molecule has 0 N–H and O–H groups in total. The maximum atomic E-state index is 9.82. The Labute approximate surface area is 53.6 Å². The average Bonchev–Trinajstić information content (AvgIpc) is 2.15. The van der Waals surface area contributed by atoms with Crippen LogP contribution in [0.15, 0.2) is 0 Å². The molecule has 1 rings (SSSR count). The third-order valence-electron chi connectivity index (χ3n) is 1.57. The first-order chi connectivity index (χ1) is 4.29. The van der Waals surface area contributed by atoms with Gasteiger partial charge >= 0.3 is 6.16 Å². The van der Waals surface area contributed by atoms with Gasteiger partial charge in [0, 0.05) is 0 Å². The molecular weight excluding hydrogens is 120 g/mol. The van der Waals surface area contributed by atoms with Crippen LogP contribution in [-0.4, -0.2) is 12.3 Å². The third-order valence-corrected chi connectivity index (χ3v) is 1.57. The number of carbonyl (C=O) groups excluding carboxylic acids is 1. The van der Waals surface area contributed by atoms with Crippen LogP contribution >= 0.6 is 0 Å². The molecule has 3 nitrogen and oxygen atoms in total.